The fourth-order valence-electron chi connectivity index (χ4n) is 1.48. The molecular formula is C10H19NO4. The molecule has 0 aromatic rings. The van der Waals surface area contributed by atoms with E-state index in [0.29, 0.717) is 19.1 Å². The Bertz CT molecular complexity index is 192. The van der Waals surface area contributed by atoms with E-state index in [4.69, 9.17) is 9.47 Å². The number of methoxy groups -OCH3 is 1. The molecule has 1 N–H and O–H groups in total. The molecule has 1 rings (SSSR count). The standard InChI is InChI=1S/C10H19NO4/c1-11-9(10(12)13-2)7-15-6-8-3-4-14-5-8/h8-9,11H,3-7H2,1-2H3. The van der Waals surface area contributed by atoms with E-state index in [1.54, 1.807) is 7.05 Å². The van der Waals surface area contributed by atoms with Crippen molar-refractivity contribution in [1.82, 2.24) is 5.32 Å². The summed E-state index contributed by atoms with van der Waals surface area (Å²) in [4.78, 5) is 11.2. The Kier molecular flexibility index (Phi) is 5.60. The molecule has 1 saturated heterocycles. The summed E-state index contributed by atoms with van der Waals surface area (Å²) < 4.78 is 15.3. The summed E-state index contributed by atoms with van der Waals surface area (Å²) in [6.07, 6.45) is 1.04. The lowest BCUT2D eigenvalue weighted by Gasteiger charge is -2.15. The Hall–Kier alpha value is -0.650. The molecule has 0 saturated carbocycles. The molecule has 88 valence electrons. The molecule has 5 nitrogen and oxygen atoms in total. The summed E-state index contributed by atoms with van der Waals surface area (Å²) >= 11 is 0. The number of ether oxygens (including phenoxy) is 3. The molecule has 1 aliphatic rings. The second kappa shape index (κ2) is 6.76. The van der Waals surface area contributed by atoms with Crippen molar-refractivity contribution in [3.63, 3.8) is 0 Å². The number of likely N-dealkylation sites (N-methyl/N-ethyl adjacent to an activating group) is 1. The third-order valence-electron chi connectivity index (χ3n) is 2.50. The van der Waals surface area contributed by atoms with Crippen LogP contribution < -0.4 is 5.32 Å². The van der Waals surface area contributed by atoms with E-state index in [9.17, 15) is 4.79 Å². The molecule has 0 spiro atoms. The lowest BCUT2D eigenvalue weighted by molar-refractivity contribution is -0.144. The summed E-state index contributed by atoms with van der Waals surface area (Å²) in [6, 6.07) is -0.377. The van der Waals surface area contributed by atoms with Crippen molar-refractivity contribution < 1.29 is 19.0 Å². The van der Waals surface area contributed by atoms with Gasteiger partial charge in [0.05, 0.1) is 26.9 Å². The van der Waals surface area contributed by atoms with Crippen molar-refractivity contribution in [3.05, 3.63) is 0 Å². The van der Waals surface area contributed by atoms with Crippen LogP contribution in [0.4, 0.5) is 0 Å². The van der Waals surface area contributed by atoms with Crippen LogP contribution in [0, 0.1) is 5.92 Å². The molecular weight excluding hydrogens is 198 g/mol. The van der Waals surface area contributed by atoms with Crippen LogP contribution in [-0.2, 0) is 19.0 Å². The molecule has 1 aliphatic heterocycles. The van der Waals surface area contributed by atoms with Crippen LogP contribution in [-0.4, -0.2) is 52.6 Å². The van der Waals surface area contributed by atoms with Crippen molar-refractivity contribution >= 4 is 5.97 Å². The number of hydrogen-bond donors (Lipinski definition) is 1. The van der Waals surface area contributed by atoms with Gasteiger partial charge >= 0.3 is 5.97 Å². The minimum absolute atomic E-state index is 0.292. The van der Waals surface area contributed by atoms with Crippen molar-refractivity contribution in [2.24, 2.45) is 5.92 Å². The normalized spacial score (nSPS) is 22.7. The van der Waals surface area contributed by atoms with Crippen LogP contribution in [0.2, 0.25) is 0 Å². The van der Waals surface area contributed by atoms with Gasteiger partial charge in [-0.1, -0.05) is 0 Å². The molecule has 1 fully saturated rings. The summed E-state index contributed by atoms with van der Waals surface area (Å²) in [5.41, 5.74) is 0. The lowest BCUT2D eigenvalue weighted by atomic mass is 10.1. The Morgan fingerprint density at radius 1 is 1.67 bits per heavy atom. The van der Waals surface area contributed by atoms with Crippen molar-refractivity contribution in [3.8, 4) is 0 Å². The van der Waals surface area contributed by atoms with Crippen LogP contribution in [0.3, 0.4) is 0 Å². The zero-order chi connectivity index (χ0) is 11.1. The van der Waals surface area contributed by atoms with E-state index >= 15 is 0 Å². The van der Waals surface area contributed by atoms with Crippen molar-refractivity contribution in [2.45, 2.75) is 12.5 Å². The summed E-state index contributed by atoms with van der Waals surface area (Å²) in [7, 11) is 3.08. The van der Waals surface area contributed by atoms with E-state index in [2.05, 4.69) is 10.1 Å². The van der Waals surface area contributed by atoms with E-state index in [-0.39, 0.29) is 12.0 Å². The minimum Gasteiger partial charge on any atom is -0.468 e. The highest BCUT2D eigenvalue weighted by atomic mass is 16.5. The number of rotatable bonds is 6. The summed E-state index contributed by atoms with van der Waals surface area (Å²) in [5, 5.41) is 2.85. The van der Waals surface area contributed by atoms with Crippen LogP contribution >= 0.6 is 0 Å². The van der Waals surface area contributed by atoms with Gasteiger partial charge in [0.1, 0.15) is 6.04 Å². The third kappa shape index (κ3) is 4.15. The maximum absolute atomic E-state index is 11.2. The Morgan fingerprint density at radius 3 is 3.00 bits per heavy atom. The Morgan fingerprint density at radius 2 is 2.47 bits per heavy atom. The van der Waals surface area contributed by atoms with E-state index in [0.717, 1.165) is 19.6 Å². The van der Waals surface area contributed by atoms with Crippen LogP contribution in [0.25, 0.3) is 0 Å². The molecule has 0 aromatic carbocycles. The lowest BCUT2D eigenvalue weighted by Crippen LogP contribution is -2.39. The van der Waals surface area contributed by atoms with Crippen molar-refractivity contribution in [1.29, 1.82) is 0 Å². The second-order valence-corrected chi connectivity index (χ2v) is 3.63. The predicted molar refractivity (Wildman–Crippen MR) is 54.6 cm³/mol. The first-order chi connectivity index (χ1) is 7.27. The zero-order valence-electron chi connectivity index (χ0n) is 9.32. The average molecular weight is 217 g/mol. The van der Waals surface area contributed by atoms with Gasteiger partial charge in [-0.15, -0.1) is 0 Å². The van der Waals surface area contributed by atoms with Gasteiger partial charge < -0.3 is 19.5 Å². The Balaban J connectivity index is 2.13. The van der Waals surface area contributed by atoms with Gasteiger partial charge in [0.15, 0.2) is 0 Å². The van der Waals surface area contributed by atoms with Gasteiger partial charge in [0, 0.05) is 12.5 Å². The second-order valence-electron chi connectivity index (χ2n) is 3.63. The molecule has 0 aromatic heterocycles. The van der Waals surface area contributed by atoms with Gasteiger partial charge in [-0.3, -0.25) is 4.79 Å². The summed E-state index contributed by atoms with van der Waals surface area (Å²) in [5.74, 6) is 0.181. The highest BCUT2D eigenvalue weighted by molar-refractivity contribution is 5.75. The van der Waals surface area contributed by atoms with Gasteiger partial charge in [0.2, 0.25) is 0 Å². The summed E-state index contributed by atoms with van der Waals surface area (Å²) in [6.45, 7) is 2.58. The quantitative estimate of drug-likeness (QED) is 0.624. The fourth-order valence-corrected chi connectivity index (χ4v) is 1.48. The molecule has 0 bridgehead atoms. The molecule has 15 heavy (non-hydrogen) atoms. The van der Waals surface area contributed by atoms with Crippen LogP contribution in [0.5, 0.6) is 0 Å². The van der Waals surface area contributed by atoms with E-state index in [1.807, 2.05) is 0 Å². The van der Waals surface area contributed by atoms with Crippen LogP contribution in [0.15, 0.2) is 0 Å². The van der Waals surface area contributed by atoms with Crippen LogP contribution in [0.1, 0.15) is 6.42 Å². The van der Waals surface area contributed by atoms with E-state index in [1.165, 1.54) is 7.11 Å². The number of nitrogens with one attached hydrogen (secondary N) is 1. The number of carbonyl (C=O) groups is 1. The Labute approximate surface area is 90.1 Å². The zero-order valence-corrected chi connectivity index (χ0v) is 9.32. The largest absolute Gasteiger partial charge is 0.468 e. The number of carbonyl (C=O) groups excluding carboxylic acids is 1. The fraction of sp³-hybridized carbons (Fsp3) is 0.900. The molecule has 0 amide bonds. The molecule has 2 unspecified atom stereocenters. The third-order valence-corrected chi connectivity index (χ3v) is 2.50. The molecule has 0 radical (unpaired) electrons. The maximum Gasteiger partial charge on any atom is 0.325 e. The highest BCUT2D eigenvalue weighted by Gasteiger charge is 2.19. The first-order valence-corrected chi connectivity index (χ1v) is 5.18. The number of esters is 1. The monoisotopic (exact) mass is 217 g/mol. The SMILES string of the molecule is CNC(COCC1CCOC1)C(=O)OC. The topological polar surface area (TPSA) is 56.8 Å². The highest BCUT2D eigenvalue weighted by Crippen LogP contribution is 2.12. The first-order valence-electron chi connectivity index (χ1n) is 5.18. The maximum atomic E-state index is 11.2. The van der Waals surface area contributed by atoms with Gasteiger partial charge in [-0.05, 0) is 13.5 Å². The first kappa shape index (κ1) is 12.4. The molecule has 1 heterocycles. The van der Waals surface area contributed by atoms with Gasteiger partial charge in [0.25, 0.3) is 0 Å². The van der Waals surface area contributed by atoms with Crippen molar-refractivity contribution in [2.75, 3.05) is 40.6 Å². The predicted octanol–water partition coefficient (Wildman–Crippen LogP) is -0.199. The van der Waals surface area contributed by atoms with Gasteiger partial charge in [-0.2, -0.15) is 0 Å². The average Bonchev–Trinajstić information content (AvgIpc) is 2.76. The molecule has 2 atom stereocenters. The van der Waals surface area contributed by atoms with Gasteiger partial charge in [-0.25, -0.2) is 0 Å². The molecule has 0 aliphatic carbocycles. The minimum atomic E-state index is -0.377. The number of hydrogen-bond acceptors (Lipinski definition) is 5. The smallest absolute Gasteiger partial charge is 0.325 e. The molecule has 5 heteroatoms. The van der Waals surface area contributed by atoms with E-state index < -0.39 is 0 Å².